The summed E-state index contributed by atoms with van der Waals surface area (Å²) < 4.78 is 19.6. The van der Waals surface area contributed by atoms with E-state index >= 15 is 0 Å². The molecule has 1 aliphatic carbocycles. The van der Waals surface area contributed by atoms with E-state index in [0.717, 1.165) is 5.56 Å². The summed E-state index contributed by atoms with van der Waals surface area (Å²) in [6.07, 6.45) is -0.249. The molecule has 1 aromatic rings. The number of ketones is 1. The molecule has 0 spiro atoms. The Kier molecular flexibility index (Phi) is 3.25. The van der Waals surface area contributed by atoms with Gasteiger partial charge in [0.1, 0.15) is 12.3 Å². The smallest absolute Gasteiger partial charge is 0.289 e. The number of hydrogen-bond donors (Lipinski definition) is 0. The van der Waals surface area contributed by atoms with Crippen LogP contribution in [0.1, 0.15) is 30.9 Å². The summed E-state index contributed by atoms with van der Waals surface area (Å²) in [5, 5.41) is 0. The molecule has 2 heterocycles. The number of hydrogen-bond acceptors (Lipinski definition) is 3. The van der Waals surface area contributed by atoms with Crippen LogP contribution < -0.4 is 0 Å². The molecular formula is C18H18FNO3. The third kappa shape index (κ3) is 2.10. The quantitative estimate of drug-likeness (QED) is 0.800. The minimum absolute atomic E-state index is 0.120. The van der Waals surface area contributed by atoms with Crippen molar-refractivity contribution in [2.45, 2.75) is 37.6 Å². The van der Waals surface area contributed by atoms with Crippen LogP contribution in [-0.2, 0) is 14.3 Å². The summed E-state index contributed by atoms with van der Waals surface area (Å²) in [7, 11) is 1.68. The lowest BCUT2D eigenvalue weighted by Gasteiger charge is -2.36. The van der Waals surface area contributed by atoms with Crippen molar-refractivity contribution in [1.82, 2.24) is 4.90 Å². The average Bonchev–Trinajstić information content (AvgIpc) is 2.81. The first-order valence-electron chi connectivity index (χ1n) is 7.99. The number of benzene rings is 1. The monoisotopic (exact) mass is 315 g/mol. The van der Waals surface area contributed by atoms with Gasteiger partial charge < -0.3 is 9.64 Å². The zero-order valence-corrected chi connectivity index (χ0v) is 12.9. The lowest BCUT2D eigenvalue weighted by Crippen LogP contribution is -2.42. The molecule has 23 heavy (non-hydrogen) atoms. The molecule has 1 saturated carbocycles. The van der Waals surface area contributed by atoms with Gasteiger partial charge in [-0.1, -0.05) is 30.3 Å². The first-order valence-corrected chi connectivity index (χ1v) is 7.99. The van der Waals surface area contributed by atoms with Gasteiger partial charge in [0.25, 0.3) is 5.91 Å². The summed E-state index contributed by atoms with van der Waals surface area (Å²) >= 11 is 0. The van der Waals surface area contributed by atoms with Gasteiger partial charge in [-0.05, 0) is 24.8 Å². The standard InChI is InChI=1S/C18H18FNO3/c1-20-15(10-5-3-2-4-6-10)14-16(21)12-9-11(19)7-8-13(12)23-17(14)18(20)22/h2-6,11-13,15H,7-9H2,1H3. The third-order valence-electron chi connectivity index (χ3n) is 5.13. The summed E-state index contributed by atoms with van der Waals surface area (Å²) in [6.45, 7) is 0. The predicted octanol–water partition coefficient (Wildman–Crippen LogP) is 2.56. The van der Waals surface area contributed by atoms with E-state index in [9.17, 15) is 14.0 Å². The van der Waals surface area contributed by atoms with Gasteiger partial charge in [0.15, 0.2) is 11.5 Å². The molecule has 4 nitrogen and oxygen atoms in total. The fraction of sp³-hybridized carbons (Fsp3) is 0.444. The van der Waals surface area contributed by atoms with Crippen molar-refractivity contribution in [1.29, 1.82) is 0 Å². The minimum Gasteiger partial charge on any atom is -0.483 e. The maximum Gasteiger partial charge on any atom is 0.289 e. The maximum absolute atomic E-state index is 13.7. The summed E-state index contributed by atoms with van der Waals surface area (Å²) in [5.74, 6) is -0.680. The number of fused-ring (bicyclic) bond motifs is 1. The first kappa shape index (κ1) is 14.4. The molecule has 0 aromatic heterocycles. The Morgan fingerprint density at radius 2 is 1.91 bits per heavy atom. The van der Waals surface area contributed by atoms with Gasteiger partial charge in [0.2, 0.25) is 0 Å². The number of carbonyl (C=O) groups excluding carboxylic acids is 2. The zero-order chi connectivity index (χ0) is 16.1. The Bertz CT molecular complexity index is 699. The maximum atomic E-state index is 13.7. The van der Waals surface area contributed by atoms with E-state index in [0.29, 0.717) is 18.4 Å². The molecule has 4 unspecified atom stereocenters. The fourth-order valence-corrected chi connectivity index (χ4v) is 3.96. The summed E-state index contributed by atoms with van der Waals surface area (Å²) in [6, 6.07) is 8.99. The van der Waals surface area contributed by atoms with Gasteiger partial charge in [-0.15, -0.1) is 0 Å². The number of likely N-dealkylation sites (N-methyl/N-ethyl adjacent to an activating group) is 1. The Morgan fingerprint density at radius 3 is 2.65 bits per heavy atom. The zero-order valence-electron chi connectivity index (χ0n) is 12.9. The van der Waals surface area contributed by atoms with Gasteiger partial charge in [-0.25, -0.2) is 4.39 Å². The Morgan fingerprint density at radius 1 is 1.17 bits per heavy atom. The van der Waals surface area contributed by atoms with Crippen molar-refractivity contribution in [3.63, 3.8) is 0 Å². The van der Waals surface area contributed by atoms with Gasteiger partial charge in [-0.3, -0.25) is 9.59 Å². The molecule has 1 fully saturated rings. The first-order chi connectivity index (χ1) is 11.1. The Labute approximate surface area is 133 Å². The minimum atomic E-state index is -0.962. The van der Waals surface area contributed by atoms with Crippen LogP contribution in [0.25, 0.3) is 0 Å². The highest BCUT2D eigenvalue weighted by Crippen LogP contribution is 2.46. The molecule has 4 rings (SSSR count). The number of amides is 1. The molecule has 0 saturated heterocycles. The van der Waals surface area contributed by atoms with E-state index in [1.807, 2.05) is 30.3 Å². The molecule has 1 aromatic carbocycles. The number of alkyl halides is 1. The van der Waals surface area contributed by atoms with Crippen LogP contribution in [-0.4, -0.2) is 35.9 Å². The Balaban J connectivity index is 1.78. The van der Waals surface area contributed by atoms with Crippen molar-refractivity contribution >= 4 is 11.7 Å². The van der Waals surface area contributed by atoms with Crippen LogP contribution >= 0.6 is 0 Å². The van der Waals surface area contributed by atoms with Crippen LogP contribution in [0.2, 0.25) is 0 Å². The average molecular weight is 315 g/mol. The molecule has 2 aliphatic heterocycles. The lowest BCUT2D eigenvalue weighted by molar-refractivity contribution is -0.135. The van der Waals surface area contributed by atoms with Crippen molar-refractivity contribution in [2.24, 2.45) is 5.92 Å². The van der Waals surface area contributed by atoms with Crippen molar-refractivity contribution in [3.8, 4) is 0 Å². The van der Waals surface area contributed by atoms with Crippen LogP contribution in [0, 0.1) is 5.92 Å². The number of Topliss-reactive ketones (excluding diaryl/α,β-unsaturated/α-hetero) is 1. The van der Waals surface area contributed by atoms with E-state index in [4.69, 9.17) is 4.74 Å². The normalized spacial score (nSPS) is 33.4. The summed E-state index contributed by atoms with van der Waals surface area (Å²) in [5.41, 5.74) is 1.27. The number of carbonyl (C=O) groups is 2. The Hall–Kier alpha value is -2.17. The fourth-order valence-electron chi connectivity index (χ4n) is 3.96. The van der Waals surface area contributed by atoms with E-state index in [-0.39, 0.29) is 30.0 Å². The van der Waals surface area contributed by atoms with Gasteiger partial charge in [-0.2, -0.15) is 0 Å². The second-order valence-electron chi connectivity index (χ2n) is 6.51. The predicted molar refractivity (Wildman–Crippen MR) is 81.1 cm³/mol. The SMILES string of the molecule is CN1C(=O)C2=C(C(=O)C3CC(F)CCC3O2)C1c1ccccc1. The molecule has 3 aliphatic rings. The van der Waals surface area contributed by atoms with E-state index in [1.165, 1.54) is 0 Å². The molecule has 0 bridgehead atoms. The highest BCUT2D eigenvalue weighted by molar-refractivity contribution is 6.11. The number of rotatable bonds is 1. The third-order valence-corrected chi connectivity index (χ3v) is 5.13. The van der Waals surface area contributed by atoms with Crippen LogP contribution in [0.5, 0.6) is 0 Å². The van der Waals surface area contributed by atoms with Gasteiger partial charge in [0.05, 0.1) is 17.5 Å². The number of halogens is 1. The highest BCUT2D eigenvalue weighted by Gasteiger charge is 2.51. The highest BCUT2D eigenvalue weighted by atomic mass is 19.1. The van der Waals surface area contributed by atoms with E-state index < -0.39 is 18.1 Å². The van der Waals surface area contributed by atoms with Gasteiger partial charge in [0, 0.05) is 7.05 Å². The van der Waals surface area contributed by atoms with E-state index in [2.05, 4.69) is 0 Å². The van der Waals surface area contributed by atoms with Crippen molar-refractivity contribution < 1.29 is 18.7 Å². The van der Waals surface area contributed by atoms with Crippen molar-refractivity contribution in [3.05, 3.63) is 47.2 Å². The van der Waals surface area contributed by atoms with Crippen LogP contribution in [0.15, 0.2) is 41.7 Å². The molecule has 0 N–H and O–H groups in total. The number of ether oxygens (including phenoxy) is 1. The second-order valence-corrected chi connectivity index (χ2v) is 6.51. The number of nitrogens with zero attached hydrogens (tertiary/aromatic N) is 1. The van der Waals surface area contributed by atoms with Crippen molar-refractivity contribution in [2.75, 3.05) is 7.05 Å². The lowest BCUT2D eigenvalue weighted by atomic mass is 9.77. The molecule has 4 atom stereocenters. The molecule has 1 amide bonds. The van der Waals surface area contributed by atoms with E-state index in [1.54, 1.807) is 11.9 Å². The molecule has 0 radical (unpaired) electrons. The van der Waals surface area contributed by atoms with Crippen LogP contribution in [0.3, 0.4) is 0 Å². The molecule has 5 heteroatoms. The van der Waals surface area contributed by atoms with Crippen LogP contribution in [0.4, 0.5) is 4.39 Å². The second kappa shape index (κ2) is 5.18. The largest absolute Gasteiger partial charge is 0.483 e. The topological polar surface area (TPSA) is 46.6 Å². The molecule has 120 valence electrons. The molecular weight excluding hydrogens is 297 g/mol. The van der Waals surface area contributed by atoms with Gasteiger partial charge >= 0.3 is 0 Å². The summed E-state index contributed by atoms with van der Waals surface area (Å²) in [4.78, 5) is 27.0.